The third kappa shape index (κ3) is 2.20. The second kappa shape index (κ2) is 5.67. The number of carboxylic acids is 1. The van der Waals surface area contributed by atoms with Gasteiger partial charge < -0.3 is 14.3 Å². The number of benzene rings is 2. The minimum Gasteiger partial charge on any atom is -0.480 e. The van der Waals surface area contributed by atoms with Gasteiger partial charge >= 0.3 is 11.6 Å². The topological polar surface area (TPSA) is 76.7 Å². The Morgan fingerprint density at radius 3 is 2.58 bits per heavy atom. The van der Waals surface area contributed by atoms with Crippen molar-refractivity contribution in [2.75, 3.05) is 0 Å². The molecule has 3 aromatic rings. The van der Waals surface area contributed by atoms with Crippen molar-refractivity contribution in [1.82, 2.24) is 0 Å². The summed E-state index contributed by atoms with van der Waals surface area (Å²) in [5.41, 5.74) is -1.91. The summed E-state index contributed by atoms with van der Waals surface area (Å²) in [4.78, 5) is 24.6. The Labute approximate surface area is 155 Å². The molecule has 2 heterocycles. The number of furan rings is 1. The van der Waals surface area contributed by atoms with E-state index in [1.54, 1.807) is 19.1 Å². The Balaban J connectivity index is 1.99. The van der Waals surface area contributed by atoms with E-state index in [9.17, 15) is 14.7 Å². The number of hydrogen-bond donors (Lipinski definition) is 1. The zero-order chi connectivity index (χ0) is 18.6. The normalized spacial score (nSPS) is 22.1. The van der Waals surface area contributed by atoms with E-state index in [4.69, 9.17) is 9.15 Å². The molecule has 0 amide bonds. The minimum absolute atomic E-state index is 0.111. The summed E-state index contributed by atoms with van der Waals surface area (Å²) in [5, 5.41) is 10.0. The number of halogens is 2. The van der Waals surface area contributed by atoms with Gasteiger partial charge in [-0.05, 0) is 42.3 Å². The van der Waals surface area contributed by atoms with Gasteiger partial charge in [-0.25, -0.2) is 9.18 Å². The smallest absolute Gasteiger partial charge is 0.354 e. The summed E-state index contributed by atoms with van der Waals surface area (Å²) in [6.07, 6.45) is -0.116. The number of aryl methyl sites for hydroxylation is 1. The molecule has 1 aliphatic rings. The number of hydrogen-bond acceptors (Lipinski definition) is 4. The van der Waals surface area contributed by atoms with E-state index >= 15 is 4.39 Å². The van der Waals surface area contributed by atoms with Crippen molar-refractivity contribution in [1.29, 1.82) is 0 Å². The number of ether oxygens (including phenoxy) is 1. The van der Waals surface area contributed by atoms with Crippen LogP contribution in [0.2, 0.25) is 0 Å². The highest BCUT2D eigenvalue weighted by Gasteiger charge is 2.59. The van der Waals surface area contributed by atoms with E-state index in [-0.39, 0.29) is 16.9 Å². The molecular weight excluding hydrogens is 407 g/mol. The minimum atomic E-state index is -3.23. The third-order valence-corrected chi connectivity index (χ3v) is 5.06. The van der Waals surface area contributed by atoms with Crippen molar-refractivity contribution in [3.8, 4) is 5.75 Å². The van der Waals surface area contributed by atoms with Gasteiger partial charge in [-0.1, -0.05) is 28.1 Å². The maximum Gasteiger partial charge on any atom is 0.354 e. The molecule has 2 aromatic carbocycles. The van der Waals surface area contributed by atoms with Crippen LogP contribution in [-0.2, 0) is 4.79 Å². The van der Waals surface area contributed by atoms with Crippen LogP contribution in [0, 0.1) is 6.92 Å². The van der Waals surface area contributed by atoms with Gasteiger partial charge in [0.15, 0.2) is 6.10 Å². The number of aliphatic carboxylic acids is 1. The lowest BCUT2D eigenvalue weighted by molar-refractivity contribution is -0.154. The van der Waals surface area contributed by atoms with E-state index in [2.05, 4.69) is 15.9 Å². The fraction of sp³-hybridized carbons (Fsp3) is 0.158. The van der Waals surface area contributed by atoms with E-state index in [0.717, 1.165) is 4.47 Å². The van der Waals surface area contributed by atoms with Crippen LogP contribution in [0.5, 0.6) is 5.75 Å². The summed E-state index contributed by atoms with van der Waals surface area (Å²) in [7, 11) is 0. The first-order valence-corrected chi connectivity index (χ1v) is 8.53. The van der Waals surface area contributed by atoms with Gasteiger partial charge in [0.2, 0.25) is 5.78 Å². The second-order valence-electron chi connectivity index (χ2n) is 6.13. The fourth-order valence-corrected chi connectivity index (χ4v) is 3.47. The number of carbonyl (C=O) groups is 2. The number of alkyl halides is 1. The molecule has 0 radical (unpaired) electrons. The zero-order valence-electron chi connectivity index (χ0n) is 13.5. The van der Waals surface area contributed by atoms with Crippen LogP contribution in [0.4, 0.5) is 4.39 Å². The van der Waals surface area contributed by atoms with Gasteiger partial charge in [-0.15, -0.1) is 0 Å². The Morgan fingerprint density at radius 1 is 1.23 bits per heavy atom. The number of rotatable bonds is 2. The van der Waals surface area contributed by atoms with Crippen LogP contribution < -0.4 is 4.74 Å². The molecule has 7 heteroatoms. The van der Waals surface area contributed by atoms with Crippen molar-refractivity contribution in [2.24, 2.45) is 0 Å². The third-order valence-electron chi connectivity index (χ3n) is 4.53. The lowest BCUT2D eigenvalue weighted by Crippen LogP contribution is -2.52. The Morgan fingerprint density at radius 2 is 1.92 bits per heavy atom. The monoisotopic (exact) mass is 418 g/mol. The first-order chi connectivity index (χ1) is 12.3. The van der Waals surface area contributed by atoms with E-state index < -0.39 is 23.5 Å². The summed E-state index contributed by atoms with van der Waals surface area (Å²) in [6, 6.07) is 9.14. The van der Waals surface area contributed by atoms with Crippen molar-refractivity contribution >= 4 is 38.7 Å². The van der Waals surface area contributed by atoms with Gasteiger partial charge in [-0.2, -0.15) is 0 Å². The first kappa shape index (κ1) is 16.8. The Kier molecular flexibility index (Phi) is 3.66. The van der Waals surface area contributed by atoms with Crippen LogP contribution >= 0.6 is 15.9 Å². The van der Waals surface area contributed by atoms with Crippen LogP contribution in [-0.4, -0.2) is 22.5 Å². The maximum atomic E-state index is 15.5. The predicted molar refractivity (Wildman–Crippen MR) is 94.3 cm³/mol. The number of Topliss-reactive ketones (excluding diaryl/α,β-unsaturated/α-hetero) is 1. The molecule has 0 bridgehead atoms. The summed E-state index contributed by atoms with van der Waals surface area (Å²) < 4.78 is 27.5. The lowest BCUT2D eigenvalue weighted by atomic mass is 9.82. The molecule has 2 unspecified atom stereocenters. The van der Waals surface area contributed by atoms with Gasteiger partial charge in [0.05, 0.1) is 17.2 Å². The van der Waals surface area contributed by atoms with Crippen molar-refractivity contribution in [2.45, 2.75) is 18.7 Å². The molecule has 0 aliphatic carbocycles. The van der Waals surface area contributed by atoms with E-state index in [1.165, 1.54) is 30.5 Å². The zero-order valence-corrected chi connectivity index (χ0v) is 15.0. The SMILES string of the molecule is Cc1coc2ccc3c(c12)OC(c1ccc(Br)cc1)C(F)(C(=O)O)C3=O. The van der Waals surface area contributed by atoms with Crippen molar-refractivity contribution in [3.05, 3.63) is 63.8 Å². The van der Waals surface area contributed by atoms with Crippen LogP contribution in [0.1, 0.15) is 27.6 Å². The number of carboxylic acid groups (broad SMARTS) is 1. The molecule has 5 nitrogen and oxygen atoms in total. The largest absolute Gasteiger partial charge is 0.480 e. The van der Waals surface area contributed by atoms with E-state index in [1.807, 2.05) is 0 Å². The lowest BCUT2D eigenvalue weighted by Gasteiger charge is -2.35. The molecule has 1 N–H and O–H groups in total. The quantitative estimate of drug-likeness (QED) is 0.614. The van der Waals surface area contributed by atoms with E-state index in [0.29, 0.717) is 16.5 Å². The van der Waals surface area contributed by atoms with Crippen molar-refractivity contribution < 1.29 is 28.2 Å². The standard InChI is InChI=1S/C19H12BrFO5/c1-9-8-25-13-7-6-12-15(14(9)13)26-17(10-2-4-11(20)5-3-10)19(21,16(12)22)18(23)24/h2-8,17H,1H3,(H,23,24). The van der Waals surface area contributed by atoms with Crippen molar-refractivity contribution in [3.63, 3.8) is 0 Å². The molecule has 132 valence electrons. The molecule has 0 saturated heterocycles. The van der Waals surface area contributed by atoms with Gasteiger partial charge in [0, 0.05) is 4.47 Å². The molecule has 2 atom stereocenters. The summed E-state index contributed by atoms with van der Waals surface area (Å²) >= 11 is 3.27. The first-order valence-electron chi connectivity index (χ1n) is 7.74. The second-order valence-corrected chi connectivity index (χ2v) is 7.05. The summed E-state index contributed by atoms with van der Waals surface area (Å²) in [6.45, 7) is 1.77. The average molecular weight is 419 g/mol. The fourth-order valence-electron chi connectivity index (χ4n) is 3.21. The molecule has 1 aliphatic heterocycles. The molecule has 0 spiro atoms. The molecule has 1 aromatic heterocycles. The molecule has 0 fully saturated rings. The predicted octanol–water partition coefficient (Wildman–Crippen LogP) is 4.61. The van der Waals surface area contributed by atoms with Gasteiger partial charge in [-0.3, -0.25) is 4.79 Å². The molecule has 26 heavy (non-hydrogen) atoms. The van der Waals surface area contributed by atoms with Crippen LogP contribution in [0.15, 0.2) is 51.6 Å². The number of carbonyl (C=O) groups excluding carboxylic acids is 1. The molecular formula is C19H12BrFO5. The molecule has 4 rings (SSSR count). The van der Waals surface area contributed by atoms with Crippen LogP contribution in [0.3, 0.4) is 0 Å². The number of ketones is 1. The Bertz CT molecular complexity index is 1060. The highest BCUT2D eigenvalue weighted by molar-refractivity contribution is 9.10. The maximum absolute atomic E-state index is 15.5. The van der Waals surface area contributed by atoms with Gasteiger partial charge in [0.25, 0.3) is 0 Å². The highest BCUT2D eigenvalue weighted by atomic mass is 79.9. The number of fused-ring (bicyclic) bond motifs is 3. The average Bonchev–Trinajstić information content (AvgIpc) is 3.00. The van der Waals surface area contributed by atoms with Crippen LogP contribution in [0.25, 0.3) is 11.0 Å². The highest BCUT2D eigenvalue weighted by Crippen LogP contribution is 2.47. The molecule has 0 saturated carbocycles. The van der Waals surface area contributed by atoms with Gasteiger partial charge in [0.1, 0.15) is 11.3 Å². The Hall–Kier alpha value is -2.67. The summed E-state index contributed by atoms with van der Waals surface area (Å²) in [5.74, 6) is -2.88.